The lowest BCUT2D eigenvalue weighted by Gasteiger charge is -2.41. The number of carbonyl (C=O) groups is 1. The van der Waals surface area contributed by atoms with Crippen molar-refractivity contribution in [2.24, 2.45) is 0 Å². The first-order valence-corrected chi connectivity index (χ1v) is 6.06. The minimum atomic E-state index is -0.449. The number of esters is 1. The second-order valence-corrected chi connectivity index (χ2v) is 4.58. The van der Waals surface area contributed by atoms with E-state index in [1.165, 1.54) is 6.92 Å². The van der Waals surface area contributed by atoms with E-state index in [-0.39, 0.29) is 24.2 Å². The van der Waals surface area contributed by atoms with Crippen molar-refractivity contribution in [1.82, 2.24) is 4.90 Å². The molecule has 0 saturated carbocycles. The van der Waals surface area contributed by atoms with E-state index in [9.17, 15) is 4.79 Å². The number of likely N-dealkylation sites (N-methyl/N-ethyl adjacent to an activating group) is 1. The molecule has 1 heterocycles. The molecule has 0 aromatic rings. The lowest BCUT2D eigenvalue weighted by Crippen LogP contribution is -2.53. The lowest BCUT2D eigenvalue weighted by atomic mass is 9.99. The van der Waals surface area contributed by atoms with Crippen LogP contribution in [0.5, 0.6) is 0 Å². The van der Waals surface area contributed by atoms with Crippen molar-refractivity contribution in [2.75, 3.05) is 20.7 Å². The predicted octanol–water partition coefficient (Wildman–Crippen LogP) is 1.02. The van der Waals surface area contributed by atoms with Crippen molar-refractivity contribution in [3.05, 3.63) is 0 Å². The van der Waals surface area contributed by atoms with Gasteiger partial charge in [-0.15, -0.1) is 0 Å². The molecule has 100 valence electrons. The molecule has 1 saturated heterocycles. The van der Waals surface area contributed by atoms with E-state index in [1.54, 1.807) is 0 Å². The monoisotopic (exact) mass is 245 g/mol. The van der Waals surface area contributed by atoms with Crippen LogP contribution in [0, 0.1) is 0 Å². The van der Waals surface area contributed by atoms with Crippen molar-refractivity contribution < 1.29 is 19.0 Å². The summed E-state index contributed by atoms with van der Waals surface area (Å²) in [5, 5.41) is 0. The lowest BCUT2D eigenvalue weighted by molar-refractivity contribution is -0.255. The van der Waals surface area contributed by atoms with Crippen LogP contribution in [0.1, 0.15) is 27.2 Å². The van der Waals surface area contributed by atoms with Gasteiger partial charge in [-0.05, 0) is 27.9 Å². The average Bonchev–Trinajstić information content (AvgIpc) is 2.21. The van der Waals surface area contributed by atoms with Gasteiger partial charge in [0.2, 0.25) is 0 Å². The molecule has 1 aliphatic rings. The van der Waals surface area contributed by atoms with E-state index in [2.05, 4.69) is 4.90 Å². The largest absolute Gasteiger partial charge is 0.457 e. The Morgan fingerprint density at radius 1 is 1.47 bits per heavy atom. The Morgan fingerprint density at radius 2 is 2.12 bits per heavy atom. The second-order valence-electron chi connectivity index (χ2n) is 4.58. The smallest absolute Gasteiger partial charge is 0.303 e. The van der Waals surface area contributed by atoms with Gasteiger partial charge < -0.3 is 19.1 Å². The van der Waals surface area contributed by atoms with Crippen LogP contribution in [-0.2, 0) is 19.0 Å². The Kier molecular flexibility index (Phi) is 5.36. The standard InChI is InChI=1S/C12H23NO4/c1-6-15-12-11(17-9(3)14)7-10(13(4)5)8(2)16-12/h8,10-12H,6-7H2,1-5H3/t8-,10-,11-,12-/m0/s1. The minimum Gasteiger partial charge on any atom is -0.457 e. The predicted molar refractivity (Wildman–Crippen MR) is 63.6 cm³/mol. The van der Waals surface area contributed by atoms with Crippen LogP contribution in [-0.4, -0.2) is 56.1 Å². The van der Waals surface area contributed by atoms with Gasteiger partial charge in [-0.3, -0.25) is 4.79 Å². The molecular formula is C12H23NO4. The van der Waals surface area contributed by atoms with Crippen LogP contribution in [0.15, 0.2) is 0 Å². The average molecular weight is 245 g/mol. The summed E-state index contributed by atoms with van der Waals surface area (Å²) in [7, 11) is 3.99. The molecule has 0 aromatic heterocycles. The van der Waals surface area contributed by atoms with E-state index < -0.39 is 6.29 Å². The number of hydrogen-bond donors (Lipinski definition) is 0. The van der Waals surface area contributed by atoms with Crippen molar-refractivity contribution in [1.29, 1.82) is 0 Å². The molecule has 0 amide bonds. The highest BCUT2D eigenvalue weighted by molar-refractivity contribution is 5.66. The van der Waals surface area contributed by atoms with E-state index in [4.69, 9.17) is 14.2 Å². The Hall–Kier alpha value is -0.650. The molecule has 0 unspecified atom stereocenters. The van der Waals surface area contributed by atoms with E-state index in [0.29, 0.717) is 6.61 Å². The zero-order chi connectivity index (χ0) is 13.0. The van der Waals surface area contributed by atoms with Gasteiger partial charge in [0, 0.05) is 26.0 Å². The Bertz CT molecular complexity index is 257. The Balaban J connectivity index is 2.69. The molecule has 5 heteroatoms. The SMILES string of the molecule is CCO[C@H]1O[C@@H](C)[C@@H](N(C)C)C[C@@H]1OC(C)=O. The molecule has 0 N–H and O–H groups in total. The van der Waals surface area contributed by atoms with Gasteiger partial charge >= 0.3 is 5.97 Å². The molecule has 0 bridgehead atoms. The molecule has 1 aliphatic heterocycles. The molecule has 0 aromatic carbocycles. The first kappa shape index (κ1) is 14.4. The zero-order valence-corrected chi connectivity index (χ0v) is 11.3. The fraction of sp³-hybridized carbons (Fsp3) is 0.917. The topological polar surface area (TPSA) is 48.0 Å². The van der Waals surface area contributed by atoms with Crippen molar-refractivity contribution in [3.8, 4) is 0 Å². The fourth-order valence-electron chi connectivity index (χ4n) is 2.19. The molecule has 1 fully saturated rings. The molecule has 0 spiro atoms. The van der Waals surface area contributed by atoms with Crippen LogP contribution in [0.2, 0.25) is 0 Å². The molecule has 0 aliphatic carbocycles. The number of nitrogens with zero attached hydrogens (tertiary/aromatic N) is 1. The maximum Gasteiger partial charge on any atom is 0.303 e. The van der Waals surface area contributed by atoms with Crippen LogP contribution in [0.25, 0.3) is 0 Å². The van der Waals surface area contributed by atoms with Gasteiger partial charge in [0.05, 0.1) is 6.10 Å². The maximum absolute atomic E-state index is 11.1. The third-order valence-electron chi connectivity index (χ3n) is 2.98. The summed E-state index contributed by atoms with van der Waals surface area (Å²) >= 11 is 0. The normalized spacial score (nSPS) is 33.8. The van der Waals surface area contributed by atoms with Gasteiger partial charge in [0.1, 0.15) is 0 Å². The molecule has 17 heavy (non-hydrogen) atoms. The second kappa shape index (κ2) is 6.33. The van der Waals surface area contributed by atoms with Crippen LogP contribution < -0.4 is 0 Å². The highest BCUT2D eigenvalue weighted by Gasteiger charge is 2.39. The zero-order valence-electron chi connectivity index (χ0n) is 11.3. The fourth-order valence-corrected chi connectivity index (χ4v) is 2.19. The van der Waals surface area contributed by atoms with Crippen LogP contribution in [0.3, 0.4) is 0 Å². The van der Waals surface area contributed by atoms with Gasteiger partial charge in [-0.2, -0.15) is 0 Å². The summed E-state index contributed by atoms with van der Waals surface area (Å²) in [6, 6.07) is 0.232. The summed E-state index contributed by atoms with van der Waals surface area (Å²) in [4.78, 5) is 13.2. The highest BCUT2D eigenvalue weighted by atomic mass is 16.7. The Morgan fingerprint density at radius 3 is 2.59 bits per heavy atom. The number of hydrogen-bond acceptors (Lipinski definition) is 5. The maximum atomic E-state index is 11.1. The van der Waals surface area contributed by atoms with Crippen molar-refractivity contribution in [2.45, 2.75) is 51.7 Å². The first-order chi connectivity index (χ1) is 7.95. The van der Waals surface area contributed by atoms with Crippen molar-refractivity contribution in [3.63, 3.8) is 0 Å². The van der Waals surface area contributed by atoms with Crippen LogP contribution >= 0.6 is 0 Å². The number of ether oxygens (including phenoxy) is 3. The van der Waals surface area contributed by atoms with Crippen molar-refractivity contribution >= 4 is 5.97 Å². The molecule has 0 radical (unpaired) electrons. The van der Waals surface area contributed by atoms with Gasteiger partial charge in [0.15, 0.2) is 12.4 Å². The highest BCUT2D eigenvalue weighted by Crippen LogP contribution is 2.26. The summed E-state index contributed by atoms with van der Waals surface area (Å²) in [5.41, 5.74) is 0. The van der Waals surface area contributed by atoms with Gasteiger partial charge in [-0.1, -0.05) is 0 Å². The minimum absolute atomic E-state index is 0.0633. The van der Waals surface area contributed by atoms with E-state index in [0.717, 1.165) is 6.42 Å². The number of rotatable bonds is 4. The molecule has 4 atom stereocenters. The summed E-state index contributed by atoms with van der Waals surface area (Å²) in [6.07, 6.45) is 0.0257. The molecule has 5 nitrogen and oxygen atoms in total. The van der Waals surface area contributed by atoms with E-state index in [1.807, 2.05) is 27.9 Å². The summed E-state index contributed by atoms with van der Waals surface area (Å²) in [5.74, 6) is -0.296. The third-order valence-corrected chi connectivity index (χ3v) is 2.98. The van der Waals surface area contributed by atoms with E-state index >= 15 is 0 Å². The molecular weight excluding hydrogens is 222 g/mol. The molecule has 1 rings (SSSR count). The Labute approximate surface area is 103 Å². The first-order valence-electron chi connectivity index (χ1n) is 6.06. The summed E-state index contributed by atoms with van der Waals surface area (Å²) in [6.45, 7) is 5.87. The summed E-state index contributed by atoms with van der Waals surface area (Å²) < 4.78 is 16.5. The quantitative estimate of drug-likeness (QED) is 0.692. The van der Waals surface area contributed by atoms with Crippen LogP contribution in [0.4, 0.5) is 0 Å². The third kappa shape index (κ3) is 3.94. The van der Waals surface area contributed by atoms with Gasteiger partial charge in [-0.25, -0.2) is 0 Å². The van der Waals surface area contributed by atoms with Gasteiger partial charge in [0.25, 0.3) is 0 Å². The number of carbonyl (C=O) groups excluding carboxylic acids is 1.